The number of aliphatic hydroxyl groups is 1. The Bertz CT molecular complexity index is 690. The lowest BCUT2D eigenvalue weighted by Crippen LogP contribution is -2.13. The Kier molecular flexibility index (Phi) is 5.02. The second-order valence-corrected chi connectivity index (χ2v) is 4.16. The maximum atomic E-state index is 13.3. The normalized spacial score (nSPS) is 9.62. The summed E-state index contributed by atoms with van der Waals surface area (Å²) < 4.78 is 13.3. The van der Waals surface area contributed by atoms with Crippen molar-refractivity contribution in [3.05, 3.63) is 59.7 Å². The van der Waals surface area contributed by atoms with Gasteiger partial charge < -0.3 is 10.4 Å². The Morgan fingerprint density at radius 2 is 2.24 bits per heavy atom. The first-order chi connectivity index (χ1) is 10.2. The van der Waals surface area contributed by atoms with Gasteiger partial charge in [0, 0.05) is 18.2 Å². The molecule has 0 spiro atoms. The molecule has 4 nitrogen and oxygen atoms in total. The molecule has 2 rings (SSSR count). The third-order valence-electron chi connectivity index (χ3n) is 2.61. The van der Waals surface area contributed by atoms with Crippen LogP contribution in [0.15, 0.2) is 42.7 Å². The van der Waals surface area contributed by atoms with Gasteiger partial charge in [-0.2, -0.15) is 0 Å². The first kappa shape index (κ1) is 14.7. The summed E-state index contributed by atoms with van der Waals surface area (Å²) in [6.45, 7) is -0.0838. The minimum absolute atomic E-state index is 0.0838. The highest BCUT2D eigenvalue weighted by Gasteiger charge is 2.11. The maximum Gasteiger partial charge on any atom is 0.256 e. The molecule has 2 aromatic rings. The van der Waals surface area contributed by atoms with E-state index in [1.54, 1.807) is 18.3 Å². The number of aromatic nitrogens is 1. The summed E-state index contributed by atoms with van der Waals surface area (Å²) in [6.07, 6.45) is 3.37. The van der Waals surface area contributed by atoms with Crippen LogP contribution in [-0.4, -0.2) is 22.6 Å². The van der Waals surface area contributed by atoms with Crippen LogP contribution < -0.4 is 5.32 Å². The van der Waals surface area contributed by atoms with Gasteiger partial charge in [-0.25, -0.2) is 4.39 Å². The van der Waals surface area contributed by atoms with Gasteiger partial charge in [-0.3, -0.25) is 9.78 Å². The molecule has 0 unspecified atom stereocenters. The smallest absolute Gasteiger partial charge is 0.256 e. The van der Waals surface area contributed by atoms with Gasteiger partial charge in [-0.1, -0.05) is 11.8 Å². The van der Waals surface area contributed by atoms with Gasteiger partial charge in [0.05, 0.1) is 24.1 Å². The number of hydrogen-bond donors (Lipinski definition) is 2. The molecule has 1 aromatic carbocycles. The van der Waals surface area contributed by atoms with Gasteiger partial charge in [0.25, 0.3) is 5.91 Å². The van der Waals surface area contributed by atoms with Crippen molar-refractivity contribution in [3.8, 4) is 11.8 Å². The lowest BCUT2D eigenvalue weighted by atomic mass is 10.1. The van der Waals surface area contributed by atoms with E-state index in [9.17, 15) is 9.18 Å². The standard InChI is InChI=1S/C16H13FN2O2/c17-13-6-7-15(12(10-13)4-1-2-9-20)16(21)19-14-5-3-8-18-11-14/h3,5-8,10-11,20H,2,9H2,(H,19,21). The van der Waals surface area contributed by atoms with Gasteiger partial charge in [0.1, 0.15) is 5.82 Å². The number of halogens is 1. The number of nitrogens with zero attached hydrogens (tertiary/aromatic N) is 1. The quantitative estimate of drug-likeness (QED) is 0.849. The van der Waals surface area contributed by atoms with Crippen LogP contribution in [0.4, 0.5) is 10.1 Å². The predicted molar refractivity (Wildman–Crippen MR) is 77.2 cm³/mol. The summed E-state index contributed by atoms with van der Waals surface area (Å²) in [4.78, 5) is 16.1. The van der Waals surface area contributed by atoms with Crippen molar-refractivity contribution in [2.24, 2.45) is 0 Å². The monoisotopic (exact) mass is 284 g/mol. The van der Waals surface area contributed by atoms with Crippen LogP contribution in [0, 0.1) is 17.7 Å². The number of pyridine rings is 1. The van der Waals surface area contributed by atoms with Gasteiger partial charge >= 0.3 is 0 Å². The number of anilines is 1. The third kappa shape index (κ3) is 4.13. The van der Waals surface area contributed by atoms with E-state index in [2.05, 4.69) is 22.1 Å². The molecule has 0 saturated carbocycles. The molecule has 0 saturated heterocycles. The van der Waals surface area contributed by atoms with E-state index < -0.39 is 11.7 Å². The van der Waals surface area contributed by atoms with Crippen LogP contribution in [0.5, 0.6) is 0 Å². The molecule has 106 valence electrons. The molecule has 0 radical (unpaired) electrons. The minimum Gasteiger partial charge on any atom is -0.395 e. The molecule has 2 N–H and O–H groups in total. The predicted octanol–water partition coefficient (Wildman–Crippen LogP) is 2.21. The van der Waals surface area contributed by atoms with E-state index in [-0.39, 0.29) is 24.2 Å². The molecular weight excluding hydrogens is 271 g/mol. The fourth-order valence-corrected chi connectivity index (χ4v) is 1.67. The highest BCUT2D eigenvalue weighted by Crippen LogP contribution is 2.13. The Labute approximate surface area is 121 Å². The van der Waals surface area contributed by atoms with Crippen molar-refractivity contribution < 1.29 is 14.3 Å². The number of amides is 1. The average molecular weight is 284 g/mol. The fraction of sp³-hybridized carbons (Fsp3) is 0.125. The maximum absolute atomic E-state index is 13.3. The van der Waals surface area contributed by atoms with Crippen molar-refractivity contribution >= 4 is 11.6 Å². The number of benzene rings is 1. The zero-order chi connectivity index (χ0) is 15.1. The molecule has 0 aliphatic rings. The highest BCUT2D eigenvalue weighted by molar-refractivity contribution is 6.05. The van der Waals surface area contributed by atoms with E-state index in [1.807, 2.05) is 0 Å². The van der Waals surface area contributed by atoms with Crippen LogP contribution in [0.2, 0.25) is 0 Å². The molecular formula is C16H13FN2O2. The van der Waals surface area contributed by atoms with E-state index in [4.69, 9.17) is 5.11 Å². The first-order valence-corrected chi connectivity index (χ1v) is 6.31. The summed E-state index contributed by atoms with van der Waals surface area (Å²) in [6, 6.07) is 7.18. The van der Waals surface area contributed by atoms with Crippen LogP contribution in [-0.2, 0) is 0 Å². The number of hydrogen-bond acceptors (Lipinski definition) is 3. The molecule has 0 aliphatic heterocycles. The van der Waals surface area contributed by atoms with Gasteiger partial charge in [0.2, 0.25) is 0 Å². The lowest BCUT2D eigenvalue weighted by molar-refractivity contribution is 0.102. The summed E-state index contributed by atoms with van der Waals surface area (Å²) in [5.74, 6) is 4.51. The van der Waals surface area contributed by atoms with Crippen LogP contribution >= 0.6 is 0 Å². The number of nitrogens with one attached hydrogen (secondary N) is 1. The minimum atomic E-state index is -0.471. The summed E-state index contributed by atoms with van der Waals surface area (Å²) in [5, 5.41) is 11.4. The number of rotatable bonds is 3. The molecule has 0 fully saturated rings. The second-order valence-electron chi connectivity index (χ2n) is 4.16. The molecule has 0 bridgehead atoms. The number of aliphatic hydroxyl groups excluding tert-OH is 1. The molecule has 21 heavy (non-hydrogen) atoms. The van der Waals surface area contributed by atoms with Crippen LogP contribution in [0.1, 0.15) is 22.3 Å². The molecule has 5 heteroatoms. The van der Waals surface area contributed by atoms with Crippen molar-refractivity contribution in [1.29, 1.82) is 0 Å². The Hall–Kier alpha value is -2.71. The Balaban J connectivity index is 2.26. The zero-order valence-corrected chi connectivity index (χ0v) is 11.1. The highest BCUT2D eigenvalue weighted by atomic mass is 19.1. The molecule has 1 amide bonds. The third-order valence-corrected chi connectivity index (χ3v) is 2.61. The largest absolute Gasteiger partial charge is 0.395 e. The topological polar surface area (TPSA) is 62.2 Å². The summed E-state index contributed by atoms with van der Waals surface area (Å²) in [5.41, 5.74) is 1.09. The SMILES string of the molecule is O=C(Nc1cccnc1)c1ccc(F)cc1C#CCCO. The van der Waals surface area contributed by atoms with Crippen molar-refractivity contribution in [3.63, 3.8) is 0 Å². The van der Waals surface area contributed by atoms with Crippen molar-refractivity contribution in [2.45, 2.75) is 6.42 Å². The van der Waals surface area contributed by atoms with E-state index >= 15 is 0 Å². The second kappa shape index (κ2) is 7.17. The van der Waals surface area contributed by atoms with Crippen molar-refractivity contribution in [2.75, 3.05) is 11.9 Å². The van der Waals surface area contributed by atoms with Gasteiger partial charge in [-0.05, 0) is 30.3 Å². The van der Waals surface area contributed by atoms with E-state index in [1.165, 1.54) is 24.4 Å². The van der Waals surface area contributed by atoms with Crippen LogP contribution in [0.3, 0.4) is 0 Å². The lowest BCUT2D eigenvalue weighted by Gasteiger charge is -2.06. The van der Waals surface area contributed by atoms with Crippen LogP contribution in [0.25, 0.3) is 0 Å². The number of carbonyl (C=O) groups excluding carboxylic acids is 1. The summed E-state index contributed by atoms with van der Waals surface area (Å²) in [7, 11) is 0. The van der Waals surface area contributed by atoms with Gasteiger partial charge in [0.15, 0.2) is 0 Å². The fourth-order valence-electron chi connectivity index (χ4n) is 1.67. The van der Waals surface area contributed by atoms with E-state index in [0.29, 0.717) is 5.69 Å². The molecule has 0 aliphatic carbocycles. The van der Waals surface area contributed by atoms with Gasteiger partial charge in [-0.15, -0.1) is 0 Å². The number of carbonyl (C=O) groups is 1. The molecule has 0 atom stereocenters. The zero-order valence-electron chi connectivity index (χ0n) is 11.1. The Morgan fingerprint density at radius 1 is 1.38 bits per heavy atom. The van der Waals surface area contributed by atoms with E-state index in [0.717, 1.165) is 0 Å². The first-order valence-electron chi connectivity index (χ1n) is 6.31. The summed E-state index contributed by atoms with van der Waals surface area (Å²) >= 11 is 0. The average Bonchev–Trinajstić information content (AvgIpc) is 2.48. The molecule has 1 aromatic heterocycles. The Morgan fingerprint density at radius 3 is 2.95 bits per heavy atom. The van der Waals surface area contributed by atoms with Crippen molar-refractivity contribution in [1.82, 2.24) is 4.98 Å². The molecule has 1 heterocycles.